The van der Waals surface area contributed by atoms with Crippen LogP contribution in [-0.4, -0.2) is 22.0 Å². The lowest BCUT2D eigenvalue weighted by Gasteiger charge is -2.12. The molecule has 1 heterocycles. The zero-order valence-electron chi connectivity index (χ0n) is 12.3. The highest BCUT2D eigenvalue weighted by molar-refractivity contribution is 7.13. The van der Waals surface area contributed by atoms with Gasteiger partial charge in [0.25, 0.3) is 0 Å². The predicted octanol–water partition coefficient (Wildman–Crippen LogP) is 3.85. The molecule has 0 aliphatic heterocycles. The Morgan fingerprint density at radius 2 is 2.05 bits per heavy atom. The minimum Gasteiger partial charge on any atom is -0.477 e. The largest absolute Gasteiger partial charge is 0.477 e. The van der Waals surface area contributed by atoms with Gasteiger partial charge in [-0.2, -0.15) is 0 Å². The van der Waals surface area contributed by atoms with Crippen LogP contribution in [-0.2, 0) is 4.79 Å². The normalized spacial score (nSPS) is 12.0. The summed E-state index contributed by atoms with van der Waals surface area (Å²) in [6, 6.07) is 5.27. The minimum absolute atomic E-state index is 0.161. The summed E-state index contributed by atoms with van der Waals surface area (Å²) in [5.41, 5.74) is 1.84. The molecule has 1 atom stereocenters. The molecule has 7 heteroatoms. The summed E-state index contributed by atoms with van der Waals surface area (Å²) in [4.78, 5) is 27.7. The third kappa shape index (κ3) is 3.28. The van der Waals surface area contributed by atoms with E-state index in [9.17, 15) is 9.59 Å². The standard InChI is InChI=1S/C15H15ClN2O3S/c1-7-10(16)5-4-6-11(7)18-13(19)8(2)14-17-9(3)12(22-14)15(20)21/h4-6,8H,1-3H3,(H,18,19)(H,20,21). The average molecular weight is 339 g/mol. The Hall–Kier alpha value is -1.92. The minimum atomic E-state index is -1.03. The van der Waals surface area contributed by atoms with Gasteiger partial charge in [-0.05, 0) is 38.5 Å². The summed E-state index contributed by atoms with van der Waals surface area (Å²) in [5, 5.41) is 12.9. The Morgan fingerprint density at radius 1 is 1.36 bits per heavy atom. The van der Waals surface area contributed by atoms with Crippen LogP contribution >= 0.6 is 22.9 Å². The molecule has 1 aromatic heterocycles. The third-order valence-corrected chi connectivity index (χ3v) is 5.03. The molecule has 0 aliphatic rings. The Bertz CT molecular complexity index is 742. The molecule has 1 amide bonds. The van der Waals surface area contributed by atoms with Crippen LogP contribution in [0.1, 0.15) is 38.8 Å². The van der Waals surface area contributed by atoms with Crippen LogP contribution < -0.4 is 5.32 Å². The molecule has 0 saturated carbocycles. The van der Waals surface area contributed by atoms with E-state index in [-0.39, 0.29) is 10.8 Å². The molecule has 1 unspecified atom stereocenters. The van der Waals surface area contributed by atoms with Crippen LogP contribution in [0.5, 0.6) is 0 Å². The Labute approximate surface area is 137 Å². The van der Waals surface area contributed by atoms with Crippen LogP contribution in [0, 0.1) is 13.8 Å². The van der Waals surface area contributed by atoms with Crippen LogP contribution in [0.4, 0.5) is 5.69 Å². The monoisotopic (exact) mass is 338 g/mol. The number of aryl methyl sites for hydroxylation is 1. The first-order valence-electron chi connectivity index (χ1n) is 6.58. The highest BCUT2D eigenvalue weighted by Crippen LogP contribution is 2.28. The van der Waals surface area contributed by atoms with Gasteiger partial charge in [-0.3, -0.25) is 4.79 Å². The lowest BCUT2D eigenvalue weighted by molar-refractivity contribution is -0.117. The fourth-order valence-corrected chi connectivity index (χ4v) is 3.03. The Kier molecular flexibility index (Phi) is 4.83. The smallest absolute Gasteiger partial charge is 0.347 e. The van der Waals surface area contributed by atoms with Gasteiger partial charge in [0.1, 0.15) is 9.88 Å². The van der Waals surface area contributed by atoms with Crippen molar-refractivity contribution in [1.29, 1.82) is 0 Å². The van der Waals surface area contributed by atoms with Gasteiger partial charge in [-0.25, -0.2) is 9.78 Å². The van der Waals surface area contributed by atoms with Crippen molar-refractivity contribution < 1.29 is 14.7 Å². The summed E-state index contributed by atoms with van der Waals surface area (Å²) in [7, 11) is 0. The molecule has 0 saturated heterocycles. The average Bonchev–Trinajstić information content (AvgIpc) is 2.85. The Morgan fingerprint density at radius 3 is 2.64 bits per heavy atom. The van der Waals surface area contributed by atoms with E-state index < -0.39 is 11.9 Å². The predicted molar refractivity (Wildman–Crippen MR) is 87.0 cm³/mol. The van der Waals surface area contributed by atoms with Gasteiger partial charge in [-0.15, -0.1) is 11.3 Å². The van der Waals surface area contributed by atoms with Gasteiger partial charge in [-0.1, -0.05) is 17.7 Å². The number of carboxylic acids is 1. The maximum absolute atomic E-state index is 12.3. The SMILES string of the molecule is Cc1nc(C(C)C(=O)Nc2cccc(Cl)c2C)sc1C(=O)O. The van der Waals surface area contributed by atoms with Crippen LogP contribution in [0.25, 0.3) is 0 Å². The van der Waals surface area contributed by atoms with Gasteiger partial charge in [0.2, 0.25) is 5.91 Å². The summed E-state index contributed by atoms with van der Waals surface area (Å²) in [6.45, 7) is 5.13. The van der Waals surface area contributed by atoms with Crippen molar-refractivity contribution in [1.82, 2.24) is 4.98 Å². The van der Waals surface area contributed by atoms with Gasteiger partial charge in [0.15, 0.2) is 0 Å². The summed E-state index contributed by atoms with van der Waals surface area (Å²) in [5.74, 6) is -1.83. The molecule has 2 rings (SSSR count). The second kappa shape index (κ2) is 6.46. The molecule has 5 nitrogen and oxygen atoms in total. The van der Waals surface area contributed by atoms with E-state index in [0.29, 0.717) is 21.4 Å². The van der Waals surface area contributed by atoms with Gasteiger partial charge >= 0.3 is 5.97 Å². The zero-order chi connectivity index (χ0) is 16.4. The highest BCUT2D eigenvalue weighted by atomic mass is 35.5. The maximum atomic E-state index is 12.3. The second-order valence-electron chi connectivity index (χ2n) is 4.90. The van der Waals surface area contributed by atoms with Crippen molar-refractivity contribution in [2.24, 2.45) is 0 Å². The molecule has 1 aromatic carbocycles. The molecule has 0 fully saturated rings. The first kappa shape index (κ1) is 16.5. The van der Waals surface area contributed by atoms with Gasteiger partial charge < -0.3 is 10.4 Å². The number of hydrogen-bond donors (Lipinski definition) is 2. The molecule has 22 heavy (non-hydrogen) atoms. The molecule has 116 valence electrons. The number of carboxylic acid groups (broad SMARTS) is 1. The number of anilines is 1. The molecule has 0 spiro atoms. The van der Waals surface area contributed by atoms with Crippen molar-refractivity contribution >= 4 is 40.5 Å². The Balaban J connectivity index is 2.21. The fourth-order valence-electron chi connectivity index (χ4n) is 1.90. The van der Waals surface area contributed by atoms with E-state index >= 15 is 0 Å². The number of thiazole rings is 1. The zero-order valence-corrected chi connectivity index (χ0v) is 13.9. The number of benzene rings is 1. The molecule has 0 radical (unpaired) electrons. The number of nitrogens with zero attached hydrogens (tertiary/aromatic N) is 1. The fraction of sp³-hybridized carbons (Fsp3) is 0.267. The third-order valence-electron chi connectivity index (χ3n) is 3.30. The molecule has 2 N–H and O–H groups in total. The molecule has 2 aromatic rings. The van der Waals surface area contributed by atoms with E-state index in [0.717, 1.165) is 16.9 Å². The summed E-state index contributed by atoms with van der Waals surface area (Å²) < 4.78 is 0. The van der Waals surface area contributed by atoms with Crippen LogP contribution in [0.3, 0.4) is 0 Å². The van der Waals surface area contributed by atoms with Crippen LogP contribution in [0.15, 0.2) is 18.2 Å². The quantitative estimate of drug-likeness (QED) is 0.887. The van der Waals surface area contributed by atoms with Crippen molar-refractivity contribution in [2.75, 3.05) is 5.32 Å². The van der Waals surface area contributed by atoms with E-state index in [1.165, 1.54) is 0 Å². The number of rotatable bonds is 4. The number of nitrogens with one attached hydrogen (secondary N) is 1. The van der Waals surface area contributed by atoms with E-state index in [1.807, 2.05) is 6.92 Å². The van der Waals surface area contributed by atoms with Crippen molar-refractivity contribution in [3.05, 3.63) is 44.4 Å². The number of hydrogen-bond acceptors (Lipinski definition) is 4. The highest BCUT2D eigenvalue weighted by Gasteiger charge is 2.23. The van der Waals surface area contributed by atoms with Gasteiger partial charge in [0.05, 0.1) is 11.6 Å². The van der Waals surface area contributed by atoms with Crippen LogP contribution in [0.2, 0.25) is 5.02 Å². The van der Waals surface area contributed by atoms with E-state index in [2.05, 4.69) is 10.3 Å². The maximum Gasteiger partial charge on any atom is 0.347 e. The number of carbonyl (C=O) groups excluding carboxylic acids is 1. The first-order chi connectivity index (χ1) is 10.3. The van der Waals surface area contributed by atoms with Gasteiger partial charge in [0, 0.05) is 10.7 Å². The first-order valence-corrected chi connectivity index (χ1v) is 7.77. The lowest BCUT2D eigenvalue weighted by atomic mass is 10.1. The second-order valence-corrected chi connectivity index (χ2v) is 6.33. The van der Waals surface area contributed by atoms with Crippen molar-refractivity contribution in [3.8, 4) is 0 Å². The summed E-state index contributed by atoms with van der Waals surface area (Å²) in [6.07, 6.45) is 0. The van der Waals surface area contributed by atoms with Crippen molar-refractivity contribution in [2.45, 2.75) is 26.7 Å². The molecular formula is C15H15ClN2O3S. The number of aromatic nitrogens is 1. The number of amides is 1. The molecular weight excluding hydrogens is 324 g/mol. The number of aromatic carboxylic acids is 1. The number of halogens is 1. The molecule has 0 bridgehead atoms. The summed E-state index contributed by atoms with van der Waals surface area (Å²) >= 11 is 7.05. The number of carbonyl (C=O) groups is 2. The molecule has 0 aliphatic carbocycles. The topological polar surface area (TPSA) is 79.3 Å². The van der Waals surface area contributed by atoms with Crippen molar-refractivity contribution in [3.63, 3.8) is 0 Å². The van der Waals surface area contributed by atoms with E-state index in [1.54, 1.807) is 32.0 Å². The lowest BCUT2D eigenvalue weighted by Crippen LogP contribution is -2.19. The van der Waals surface area contributed by atoms with E-state index in [4.69, 9.17) is 16.7 Å².